The van der Waals surface area contributed by atoms with Gasteiger partial charge >= 0.3 is 0 Å². The van der Waals surface area contributed by atoms with Crippen LogP contribution in [0.2, 0.25) is 0 Å². The van der Waals surface area contributed by atoms with Gasteiger partial charge in [0.05, 0.1) is 0 Å². The predicted molar refractivity (Wildman–Crippen MR) is 40.1 cm³/mol. The van der Waals surface area contributed by atoms with Crippen molar-refractivity contribution in [3.05, 3.63) is 0 Å². The highest BCUT2D eigenvalue weighted by atomic mass is 32.2. The summed E-state index contributed by atoms with van der Waals surface area (Å²) in [6, 6.07) is 0. The van der Waals surface area contributed by atoms with Gasteiger partial charge in [0.1, 0.15) is 0 Å². The molecule has 1 aliphatic rings. The van der Waals surface area contributed by atoms with E-state index >= 15 is 0 Å². The molecule has 0 aromatic heterocycles. The topological polar surface area (TPSA) is 41.1 Å². The van der Waals surface area contributed by atoms with Gasteiger partial charge in [0, 0.05) is 13.5 Å². The molecule has 9 heavy (non-hydrogen) atoms. The van der Waals surface area contributed by atoms with Gasteiger partial charge in [-0.15, -0.1) is 0 Å². The van der Waals surface area contributed by atoms with Crippen molar-refractivity contribution >= 4 is 22.1 Å². The molecule has 0 aliphatic carbocycles. The van der Waals surface area contributed by atoms with Crippen molar-refractivity contribution in [1.82, 2.24) is 9.44 Å². The molecular weight excluding hydrogens is 136 g/mol. The lowest BCUT2D eigenvalue weighted by atomic mass is 10.5. The molecular formula is C5H10N2OS. The van der Waals surface area contributed by atoms with Gasteiger partial charge in [-0.1, -0.05) is 0 Å². The molecule has 1 heterocycles. The molecule has 0 aromatic rings. The largest absolute Gasteiger partial charge is 0.294 e. The second kappa shape index (κ2) is 2.98. The summed E-state index contributed by atoms with van der Waals surface area (Å²) in [5.74, 6) is 0.0315. The summed E-state index contributed by atoms with van der Waals surface area (Å²) >= 11 is 0. The van der Waals surface area contributed by atoms with Crippen LogP contribution in [0.25, 0.3) is 0 Å². The van der Waals surface area contributed by atoms with E-state index < -0.39 is 0 Å². The van der Waals surface area contributed by atoms with Crippen molar-refractivity contribution in [3.63, 3.8) is 0 Å². The highest BCUT2D eigenvalue weighted by Crippen LogP contribution is 2.04. The Kier molecular flexibility index (Phi) is 2.24. The lowest BCUT2D eigenvalue weighted by Crippen LogP contribution is -2.18. The zero-order valence-electron chi connectivity index (χ0n) is 5.31. The molecule has 2 N–H and O–H groups in total. The van der Waals surface area contributed by atoms with Crippen LogP contribution in [0, 0.1) is 0 Å². The summed E-state index contributed by atoms with van der Waals surface area (Å²) in [5.41, 5.74) is 0. The van der Waals surface area contributed by atoms with Crippen molar-refractivity contribution in [2.45, 2.75) is 13.3 Å². The molecule has 1 aliphatic heterocycles. The first kappa shape index (κ1) is 6.77. The Balaban J connectivity index is 2.35. The molecule has 0 aromatic carbocycles. The van der Waals surface area contributed by atoms with E-state index in [4.69, 9.17) is 0 Å². The summed E-state index contributed by atoms with van der Waals surface area (Å²) < 4.78 is 5.89. The minimum Gasteiger partial charge on any atom is -0.294 e. The highest BCUT2D eigenvalue weighted by Gasteiger charge is 2.00. The van der Waals surface area contributed by atoms with E-state index in [9.17, 15) is 4.79 Å². The maximum absolute atomic E-state index is 10.4. The van der Waals surface area contributed by atoms with Crippen molar-refractivity contribution in [2.75, 3.05) is 6.54 Å². The standard InChI is InChI=1S/C5H10N2OS/c1-5(8)7-9-4-2-3-6-9/h4,6H,2-3H2,1H3,(H,7,8). The lowest BCUT2D eigenvalue weighted by molar-refractivity contribution is -0.117. The molecule has 1 rings (SSSR count). The van der Waals surface area contributed by atoms with E-state index in [1.54, 1.807) is 0 Å². The Bertz CT molecular complexity index is 155. The summed E-state index contributed by atoms with van der Waals surface area (Å²) in [7, 11) is -0.132. The molecule has 1 atom stereocenters. The normalized spacial score (nSPS) is 25.2. The van der Waals surface area contributed by atoms with Crippen molar-refractivity contribution in [2.24, 2.45) is 0 Å². The predicted octanol–water partition coefficient (Wildman–Crippen LogP) is 0.0169. The minimum absolute atomic E-state index is 0.0315. The summed E-state index contributed by atoms with van der Waals surface area (Å²) in [4.78, 5) is 10.4. The first-order chi connectivity index (χ1) is 4.29. The number of rotatable bonds is 1. The average Bonchev–Trinajstić information content (AvgIpc) is 2.15. The maximum Gasteiger partial charge on any atom is 0.227 e. The zero-order valence-corrected chi connectivity index (χ0v) is 6.12. The number of carbonyl (C=O) groups excluding carboxylic acids is 1. The zero-order chi connectivity index (χ0) is 6.69. The van der Waals surface area contributed by atoms with Gasteiger partial charge < -0.3 is 0 Å². The monoisotopic (exact) mass is 146 g/mol. The average molecular weight is 146 g/mol. The number of carbonyl (C=O) groups is 1. The van der Waals surface area contributed by atoms with Crippen molar-refractivity contribution in [1.29, 1.82) is 0 Å². The first-order valence-electron chi connectivity index (χ1n) is 2.86. The Morgan fingerprint density at radius 3 is 3.11 bits per heavy atom. The molecule has 1 unspecified atom stereocenters. The van der Waals surface area contributed by atoms with Crippen molar-refractivity contribution in [3.8, 4) is 0 Å². The lowest BCUT2D eigenvalue weighted by Gasteiger charge is -2.02. The van der Waals surface area contributed by atoms with E-state index in [1.807, 2.05) is 0 Å². The van der Waals surface area contributed by atoms with E-state index in [2.05, 4.69) is 14.8 Å². The molecule has 0 fully saturated rings. The fraction of sp³-hybridized carbons (Fsp3) is 0.600. The summed E-state index contributed by atoms with van der Waals surface area (Å²) in [6.07, 6.45) is 1.06. The maximum atomic E-state index is 10.4. The molecule has 1 amide bonds. The molecule has 0 saturated carbocycles. The Morgan fingerprint density at radius 2 is 2.67 bits per heavy atom. The fourth-order valence-corrected chi connectivity index (χ4v) is 1.91. The number of amides is 1. The molecule has 0 radical (unpaired) electrons. The quantitative estimate of drug-likeness (QED) is 0.512. The Hall–Kier alpha value is -0.350. The number of nitrogens with one attached hydrogen (secondary N) is 2. The molecule has 0 spiro atoms. The third-order valence-corrected chi connectivity index (χ3v) is 2.53. The SMILES string of the molecule is CC(=O)NS1=CCCN1. The van der Waals surface area contributed by atoms with E-state index in [0.29, 0.717) is 0 Å². The van der Waals surface area contributed by atoms with Gasteiger partial charge in [0.2, 0.25) is 5.91 Å². The van der Waals surface area contributed by atoms with Gasteiger partial charge in [-0.2, -0.15) is 0 Å². The van der Waals surface area contributed by atoms with Crippen LogP contribution < -0.4 is 9.44 Å². The van der Waals surface area contributed by atoms with Crippen LogP contribution >= 0.6 is 10.9 Å². The van der Waals surface area contributed by atoms with Crippen LogP contribution in [0.4, 0.5) is 0 Å². The second-order valence-electron chi connectivity index (χ2n) is 1.85. The third kappa shape index (κ3) is 2.15. The van der Waals surface area contributed by atoms with Crippen LogP contribution in [0.3, 0.4) is 0 Å². The van der Waals surface area contributed by atoms with E-state index in [-0.39, 0.29) is 16.8 Å². The fourth-order valence-electron chi connectivity index (χ4n) is 0.637. The Morgan fingerprint density at radius 1 is 1.89 bits per heavy atom. The second-order valence-corrected chi connectivity index (χ2v) is 3.35. The van der Waals surface area contributed by atoms with Gasteiger partial charge in [-0.25, -0.2) is 0 Å². The molecule has 3 nitrogen and oxygen atoms in total. The van der Waals surface area contributed by atoms with Gasteiger partial charge in [-0.05, 0) is 22.6 Å². The number of hydrogen-bond donors (Lipinski definition) is 2. The molecule has 0 bridgehead atoms. The molecule has 0 saturated heterocycles. The van der Waals surface area contributed by atoms with E-state index in [0.717, 1.165) is 13.0 Å². The van der Waals surface area contributed by atoms with Crippen LogP contribution in [0.1, 0.15) is 13.3 Å². The number of hydrogen-bond acceptors (Lipinski definition) is 2. The van der Waals surface area contributed by atoms with Crippen LogP contribution in [-0.2, 0) is 4.79 Å². The third-order valence-electron chi connectivity index (χ3n) is 0.940. The molecule has 52 valence electrons. The van der Waals surface area contributed by atoms with Crippen LogP contribution in [0.15, 0.2) is 0 Å². The van der Waals surface area contributed by atoms with Gasteiger partial charge in [-0.3, -0.25) is 14.2 Å². The van der Waals surface area contributed by atoms with E-state index in [1.165, 1.54) is 6.92 Å². The van der Waals surface area contributed by atoms with Crippen LogP contribution in [0.5, 0.6) is 0 Å². The minimum atomic E-state index is -0.132. The smallest absolute Gasteiger partial charge is 0.227 e. The highest BCUT2D eigenvalue weighted by molar-refractivity contribution is 8.12. The van der Waals surface area contributed by atoms with Crippen molar-refractivity contribution < 1.29 is 4.79 Å². The Labute approximate surface area is 57.0 Å². The van der Waals surface area contributed by atoms with Gasteiger partial charge in [0.25, 0.3) is 0 Å². The summed E-state index contributed by atoms with van der Waals surface area (Å²) in [5, 5.41) is 2.08. The van der Waals surface area contributed by atoms with Crippen LogP contribution in [-0.4, -0.2) is 17.8 Å². The first-order valence-corrected chi connectivity index (χ1v) is 4.15. The molecule has 4 heteroatoms. The summed E-state index contributed by atoms with van der Waals surface area (Å²) in [6.45, 7) is 2.52. The van der Waals surface area contributed by atoms with Gasteiger partial charge in [0.15, 0.2) is 0 Å².